The van der Waals surface area contributed by atoms with Gasteiger partial charge in [0.05, 0.1) is 10.6 Å². The van der Waals surface area contributed by atoms with Crippen molar-refractivity contribution in [1.29, 1.82) is 0 Å². The fourth-order valence-electron chi connectivity index (χ4n) is 4.37. The highest BCUT2D eigenvalue weighted by molar-refractivity contribution is 8.27. The number of aromatic nitrogens is 3. The molecule has 0 saturated carbocycles. The Morgan fingerprint density at radius 3 is 2.53 bits per heavy atom. The summed E-state index contributed by atoms with van der Waals surface area (Å²) < 4.78 is 43.2. The van der Waals surface area contributed by atoms with Crippen molar-refractivity contribution in [2.45, 2.75) is 44.2 Å². The summed E-state index contributed by atoms with van der Waals surface area (Å²) in [6, 6.07) is 17.0. The Hall–Kier alpha value is -3.08. The topological polar surface area (TPSA) is 80.4 Å². The second-order valence-electron chi connectivity index (χ2n) is 10.8. The number of pyridine rings is 1. The molecule has 5 rings (SSSR count). The molecule has 0 bridgehead atoms. The monoisotopic (exact) mass is 549 g/mol. The lowest BCUT2D eigenvalue weighted by Gasteiger charge is -2.25. The minimum Gasteiger partial charge on any atom is -0.360 e. The first kappa shape index (κ1) is 26.5. The van der Waals surface area contributed by atoms with Crippen LogP contribution in [0.1, 0.15) is 11.3 Å². The molecule has 4 aromatic rings. The zero-order valence-corrected chi connectivity index (χ0v) is 23.8. The van der Waals surface area contributed by atoms with Crippen LogP contribution < -0.4 is 0 Å². The van der Waals surface area contributed by atoms with Crippen molar-refractivity contribution < 1.29 is 18.2 Å². The van der Waals surface area contributed by atoms with Crippen LogP contribution in [-0.2, 0) is 11.5 Å². The number of halogens is 1. The number of nitrogens with zero attached hydrogens (tertiary/aromatic N) is 3. The van der Waals surface area contributed by atoms with Crippen LogP contribution in [0.25, 0.3) is 39.7 Å². The van der Waals surface area contributed by atoms with Gasteiger partial charge in [-0.15, -0.1) is 10.6 Å². The van der Waals surface area contributed by atoms with Crippen molar-refractivity contribution in [2.75, 3.05) is 6.61 Å². The van der Waals surface area contributed by atoms with E-state index in [2.05, 4.69) is 24.6 Å². The highest BCUT2D eigenvalue weighted by atomic mass is 32.3. The summed E-state index contributed by atoms with van der Waals surface area (Å²) in [6.07, 6.45) is 3.59. The Labute approximate surface area is 225 Å². The van der Waals surface area contributed by atoms with Gasteiger partial charge in [0.15, 0.2) is 0 Å². The predicted molar refractivity (Wildman–Crippen MR) is 155 cm³/mol. The minimum absolute atomic E-state index is 0.320. The molecule has 1 aliphatic heterocycles. The van der Waals surface area contributed by atoms with Crippen molar-refractivity contribution >= 4 is 24.7 Å². The molecule has 0 aliphatic carbocycles. The Balaban J connectivity index is 1.52. The summed E-state index contributed by atoms with van der Waals surface area (Å²) in [5.41, 5.74) is 5.70. The molecule has 0 radical (unpaired) electrons. The largest absolute Gasteiger partial charge is 0.360 e. The smallest absolute Gasteiger partial charge is 0.139 e. The first-order chi connectivity index (χ1) is 18.0. The van der Waals surface area contributed by atoms with Crippen LogP contribution in [0.4, 0.5) is 4.39 Å². The summed E-state index contributed by atoms with van der Waals surface area (Å²) in [5, 5.41) is 6.20. The third kappa shape index (κ3) is 5.67. The van der Waals surface area contributed by atoms with E-state index in [1.165, 1.54) is 11.5 Å². The summed E-state index contributed by atoms with van der Waals surface area (Å²) in [7, 11) is -4.13. The van der Waals surface area contributed by atoms with Crippen LogP contribution in [0.5, 0.6) is 0 Å². The molecule has 1 aliphatic rings. The number of rotatable bonds is 8. The molecular formula is C29H32FN3O3SSi. The molecule has 0 saturated heterocycles. The van der Waals surface area contributed by atoms with E-state index >= 15 is 4.39 Å². The number of benzene rings is 2. The van der Waals surface area contributed by atoms with E-state index in [-0.39, 0.29) is 5.82 Å². The normalized spacial score (nSPS) is 15.0. The molecule has 9 heteroatoms. The van der Waals surface area contributed by atoms with Gasteiger partial charge in [0.2, 0.25) is 0 Å². The molecule has 0 atom stereocenters. The maximum absolute atomic E-state index is 15.1. The lowest BCUT2D eigenvalue weighted by atomic mass is 9.97. The lowest BCUT2D eigenvalue weighted by Crippen LogP contribution is -2.22. The maximum atomic E-state index is 15.1. The van der Waals surface area contributed by atoms with Crippen molar-refractivity contribution in [3.63, 3.8) is 0 Å². The molecule has 3 heterocycles. The van der Waals surface area contributed by atoms with Crippen LogP contribution >= 0.6 is 10.6 Å². The molecule has 198 valence electrons. The average molecular weight is 550 g/mol. The predicted octanol–water partition coefficient (Wildman–Crippen LogP) is 8.13. The summed E-state index contributed by atoms with van der Waals surface area (Å²) in [5.74, 6) is -0.361. The fraction of sp³-hybridized carbons (Fsp3) is 0.241. The number of hydrogen-bond donors (Lipinski definition) is 2. The van der Waals surface area contributed by atoms with E-state index in [0.717, 1.165) is 28.6 Å². The lowest BCUT2D eigenvalue weighted by molar-refractivity contribution is 0.0787. The van der Waals surface area contributed by atoms with Crippen molar-refractivity contribution in [3.8, 4) is 33.6 Å². The van der Waals surface area contributed by atoms with E-state index in [9.17, 15) is 9.11 Å². The van der Waals surface area contributed by atoms with Gasteiger partial charge in [-0.05, 0) is 72.1 Å². The summed E-state index contributed by atoms with van der Waals surface area (Å²) >= 11 is 0. The summed E-state index contributed by atoms with van der Waals surface area (Å²) in [4.78, 5) is 5.14. The van der Waals surface area contributed by atoms with E-state index in [4.69, 9.17) is 9.84 Å². The van der Waals surface area contributed by atoms with E-state index < -0.39 is 18.7 Å². The van der Waals surface area contributed by atoms with Crippen LogP contribution in [0.2, 0.25) is 25.7 Å². The Morgan fingerprint density at radius 1 is 1.00 bits per heavy atom. The number of fused-ring (bicyclic) bond motifs is 1. The van der Waals surface area contributed by atoms with Crippen LogP contribution in [0, 0.1) is 12.7 Å². The van der Waals surface area contributed by atoms with Crippen LogP contribution in [0.3, 0.4) is 0 Å². The van der Waals surface area contributed by atoms with Gasteiger partial charge >= 0.3 is 0 Å². The molecular weight excluding hydrogens is 517 g/mol. The first-order valence-corrected chi connectivity index (χ1v) is 17.8. The molecule has 0 spiro atoms. The van der Waals surface area contributed by atoms with E-state index in [1.54, 1.807) is 41.1 Å². The van der Waals surface area contributed by atoms with Gasteiger partial charge in [-0.1, -0.05) is 37.8 Å². The molecule has 2 aromatic carbocycles. The Bertz CT molecular complexity index is 1530. The van der Waals surface area contributed by atoms with Crippen LogP contribution in [-0.4, -0.2) is 38.6 Å². The molecule has 38 heavy (non-hydrogen) atoms. The number of aryl methyl sites for hydroxylation is 1. The third-order valence-corrected chi connectivity index (χ3v) is 9.71. The van der Waals surface area contributed by atoms with Gasteiger partial charge in [-0.2, -0.15) is 5.10 Å². The molecule has 2 aromatic heterocycles. The Kier molecular flexibility index (Phi) is 7.14. The summed E-state index contributed by atoms with van der Waals surface area (Å²) in [6.45, 7) is 9.89. The van der Waals surface area contributed by atoms with Gasteiger partial charge in [-0.25, -0.2) is 9.07 Å². The second-order valence-corrected chi connectivity index (χ2v) is 18.3. The van der Waals surface area contributed by atoms with Gasteiger partial charge in [0.25, 0.3) is 0 Å². The highest BCUT2D eigenvalue weighted by Gasteiger charge is 2.23. The zero-order chi connectivity index (χ0) is 27.1. The third-order valence-electron chi connectivity index (χ3n) is 6.47. The highest BCUT2D eigenvalue weighted by Crippen LogP contribution is 2.56. The van der Waals surface area contributed by atoms with E-state index in [0.29, 0.717) is 40.6 Å². The van der Waals surface area contributed by atoms with Crippen molar-refractivity contribution in [2.24, 2.45) is 0 Å². The van der Waals surface area contributed by atoms with Gasteiger partial charge in [-0.3, -0.25) is 14.1 Å². The second kappa shape index (κ2) is 10.2. The first-order valence-electron chi connectivity index (χ1n) is 12.5. The van der Waals surface area contributed by atoms with Crippen LogP contribution in [0.15, 0.2) is 71.1 Å². The molecule has 0 fully saturated rings. The maximum Gasteiger partial charge on any atom is 0.139 e. The molecule has 0 amide bonds. The minimum atomic E-state index is -2.92. The molecule has 0 unspecified atom stereocenters. The van der Waals surface area contributed by atoms with Gasteiger partial charge in [0, 0.05) is 43.1 Å². The number of ether oxygens (including phenoxy) is 1. The number of hydrogen-bond acceptors (Lipinski definition) is 5. The van der Waals surface area contributed by atoms with Crippen molar-refractivity contribution in [3.05, 3.63) is 83.3 Å². The standard InChI is InChI=1S/C29H32FN3O3SSi/c1-20-6-5-7-27(31-20)29-25(18-33(32-29)19-36-13-15-38(2,3)4)22-8-10-26(30)24(17-22)21-9-11-28-23(16-21)12-14-37(28,34)35/h5-12,14,16-18,34-35H,13,15,19H2,1-4H3. The molecule has 6 nitrogen and oxygen atoms in total. The Morgan fingerprint density at radius 2 is 1.76 bits per heavy atom. The van der Waals surface area contributed by atoms with E-state index in [1.807, 2.05) is 31.3 Å². The fourth-order valence-corrected chi connectivity index (χ4v) is 6.36. The van der Waals surface area contributed by atoms with Gasteiger partial charge < -0.3 is 4.74 Å². The van der Waals surface area contributed by atoms with Crippen molar-refractivity contribution in [1.82, 2.24) is 14.8 Å². The SMILES string of the molecule is Cc1cccc(-c2nn(COCC[Si](C)(C)C)cc2-c2ccc(F)c(-c3ccc4c(c3)C=CS4(O)O)c2)n1. The zero-order valence-electron chi connectivity index (χ0n) is 22.0. The van der Waals surface area contributed by atoms with Gasteiger partial charge in [0.1, 0.15) is 18.2 Å². The quantitative estimate of drug-likeness (QED) is 0.171. The average Bonchev–Trinajstić information content (AvgIpc) is 3.42. The molecule has 2 N–H and O–H groups in total.